The van der Waals surface area contributed by atoms with Crippen molar-refractivity contribution in [3.63, 3.8) is 0 Å². The number of carbonyl (C=O) groups is 1. The third-order valence-electron chi connectivity index (χ3n) is 4.30. The number of aromatic carboxylic acids is 1. The first-order valence-corrected chi connectivity index (χ1v) is 10.6. The number of phenols is 1. The SMILES string of the molecule is O=C(O)c1ccc(NS(=O)(=O)c2ccc(-c3ccc4c(c3)CCO4)s2)cc1O. The Kier molecular flexibility index (Phi) is 4.48. The van der Waals surface area contributed by atoms with Gasteiger partial charge in [0.25, 0.3) is 10.0 Å². The van der Waals surface area contributed by atoms with E-state index in [0.717, 1.165) is 51.6 Å². The number of benzene rings is 2. The van der Waals surface area contributed by atoms with Gasteiger partial charge in [0.2, 0.25) is 0 Å². The van der Waals surface area contributed by atoms with Crippen LogP contribution in [0.25, 0.3) is 10.4 Å². The van der Waals surface area contributed by atoms with Crippen molar-refractivity contribution in [2.24, 2.45) is 0 Å². The number of aromatic hydroxyl groups is 1. The minimum absolute atomic E-state index is 0.0760. The first-order valence-electron chi connectivity index (χ1n) is 8.28. The van der Waals surface area contributed by atoms with Crippen molar-refractivity contribution in [3.05, 3.63) is 59.7 Å². The Labute approximate surface area is 164 Å². The summed E-state index contributed by atoms with van der Waals surface area (Å²) in [5, 5.41) is 18.7. The van der Waals surface area contributed by atoms with E-state index in [9.17, 15) is 18.3 Å². The number of nitrogens with one attached hydrogen (secondary N) is 1. The van der Waals surface area contributed by atoms with Crippen LogP contribution >= 0.6 is 11.3 Å². The second kappa shape index (κ2) is 6.84. The van der Waals surface area contributed by atoms with Gasteiger partial charge in [-0.05, 0) is 53.6 Å². The summed E-state index contributed by atoms with van der Waals surface area (Å²) in [6, 6.07) is 12.5. The van der Waals surface area contributed by atoms with Crippen LogP contribution in [-0.4, -0.2) is 31.2 Å². The molecule has 28 heavy (non-hydrogen) atoms. The first kappa shape index (κ1) is 18.3. The monoisotopic (exact) mass is 417 g/mol. The standard InChI is InChI=1S/C19H15NO6S2/c21-15-10-13(2-3-14(15)19(22)23)20-28(24,25)18-6-5-17(27-18)12-1-4-16-11(9-12)7-8-26-16/h1-6,9-10,20-21H,7-8H2,(H,22,23). The highest BCUT2D eigenvalue weighted by Gasteiger charge is 2.20. The second-order valence-corrected chi connectivity index (χ2v) is 9.18. The maximum Gasteiger partial charge on any atom is 0.339 e. The number of fused-ring (bicyclic) bond motifs is 1. The Bertz CT molecular complexity index is 1180. The molecule has 3 N–H and O–H groups in total. The van der Waals surface area contributed by atoms with Crippen molar-refractivity contribution in [1.82, 2.24) is 0 Å². The van der Waals surface area contributed by atoms with Crippen molar-refractivity contribution < 1.29 is 28.2 Å². The molecule has 0 unspecified atom stereocenters. The number of anilines is 1. The molecule has 2 heterocycles. The Balaban J connectivity index is 1.59. The predicted molar refractivity (Wildman–Crippen MR) is 105 cm³/mol. The highest BCUT2D eigenvalue weighted by molar-refractivity contribution is 7.94. The van der Waals surface area contributed by atoms with E-state index in [1.54, 1.807) is 6.07 Å². The van der Waals surface area contributed by atoms with Crippen LogP contribution in [0.3, 0.4) is 0 Å². The lowest BCUT2D eigenvalue weighted by Gasteiger charge is -2.08. The number of thiophene rings is 1. The van der Waals surface area contributed by atoms with Crippen LogP contribution in [0.2, 0.25) is 0 Å². The van der Waals surface area contributed by atoms with Gasteiger partial charge in [0, 0.05) is 17.4 Å². The van der Waals surface area contributed by atoms with E-state index in [1.165, 1.54) is 12.1 Å². The zero-order valence-corrected chi connectivity index (χ0v) is 16.0. The molecule has 0 aliphatic carbocycles. The summed E-state index contributed by atoms with van der Waals surface area (Å²) in [5.41, 5.74) is 1.79. The molecule has 4 rings (SSSR count). The summed E-state index contributed by atoms with van der Waals surface area (Å²) in [5.74, 6) is -0.950. The lowest BCUT2D eigenvalue weighted by molar-refractivity contribution is 0.0694. The average Bonchev–Trinajstić information content (AvgIpc) is 3.30. The van der Waals surface area contributed by atoms with Gasteiger partial charge in [-0.2, -0.15) is 0 Å². The molecule has 0 fully saturated rings. The summed E-state index contributed by atoms with van der Waals surface area (Å²) in [7, 11) is -3.88. The van der Waals surface area contributed by atoms with Crippen LogP contribution in [0.5, 0.6) is 11.5 Å². The van der Waals surface area contributed by atoms with Gasteiger partial charge in [-0.25, -0.2) is 13.2 Å². The summed E-state index contributed by atoms with van der Waals surface area (Å²) >= 11 is 1.12. The van der Waals surface area contributed by atoms with Gasteiger partial charge in [0.15, 0.2) is 0 Å². The number of rotatable bonds is 5. The minimum atomic E-state index is -3.88. The van der Waals surface area contributed by atoms with Gasteiger partial charge in [0.05, 0.1) is 12.3 Å². The largest absolute Gasteiger partial charge is 0.507 e. The molecule has 0 saturated heterocycles. The number of sulfonamides is 1. The summed E-state index contributed by atoms with van der Waals surface area (Å²) < 4.78 is 33.2. The first-order chi connectivity index (χ1) is 13.3. The third-order valence-corrected chi connectivity index (χ3v) is 7.31. The van der Waals surface area contributed by atoms with E-state index in [4.69, 9.17) is 9.84 Å². The maximum atomic E-state index is 12.6. The van der Waals surface area contributed by atoms with E-state index in [1.807, 2.05) is 18.2 Å². The molecule has 9 heteroatoms. The van der Waals surface area contributed by atoms with E-state index in [2.05, 4.69) is 4.72 Å². The molecule has 0 radical (unpaired) electrons. The smallest absolute Gasteiger partial charge is 0.339 e. The van der Waals surface area contributed by atoms with Crippen LogP contribution in [-0.2, 0) is 16.4 Å². The fourth-order valence-corrected chi connectivity index (χ4v) is 5.29. The van der Waals surface area contributed by atoms with Gasteiger partial charge < -0.3 is 14.9 Å². The molecule has 0 atom stereocenters. The van der Waals surface area contributed by atoms with Crippen LogP contribution in [0.15, 0.2) is 52.7 Å². The summed E-state index contributed by atoms with van der Waals surface area (Å²) in [6.07, 6.45) is 0.830. The number of hydrogen-bond acceptors (Lipinski definition) is 6. The van der Waals surface area contributed by atoms with E-state index >= 15 is 0 Å². The van der Waals surface area contributed by atoms with Crippen LogP contribution in [0.4, 0.5) is 5.69 Å². The zero-order chi connectivity index (χ0) is 19.9. The molecule has 1 aliphatic rings. The molecule has 3 aromatic rings. The van der Waals surface area contributed by atoms with E-state index < -0.39 is 21.7 Å². The number of ether oxygens (including phenoxy) is 1. The number of carboxylic acids is 1. The predicted octanol–water partition coefficient (Wildman–Crippen LogP) is 3.55. The second-order valence-electron chi connectivity index (χ2n) is 6.18. The Morgan fingerprint density at radius 2 is 1.93 bits per heavy atom. The number of carboxylic acid groups (broad SMARTS) is 1. The molecule has 0 bridgehead atoms. The zero-order valence-electron chi connectivity index (χ0n) is 14.4. The maximum absolute atomic E-state index is 12.6. The molecule has 2 aromatic carbocycles. The summed E-state index contributed by atoms with van der Waals surface area (Å²) in [6.45, 7) is 0.653. The van der Waals surface area contributed by atoms with Crippen LogP contribution in [0, 0.1) is 0 Å². The molecule has 7 nitrogen and oxygen atoms in total. The fourth-order valence-electron chi connectivity index (χ4n) is 2.94. The highest BCUT2D eigenvalue weighted by Crippen LogP contribution is 2.35. The van der Waals surface area contributed by atoms with Gasteiger partial charge in [0.1, 0.15) is 21.3 Å². The van der Waals surface area contributed by atoms with Crippen molar-refractivity contribution >= 4 is 33.0 Å². The molecule has 0 saturated carbocycles. The third kappa shape index (κ3) is 3.41. The van der Waals surface area contributed by atoms with Crippen LogP contribution in [0.1, 0.15) is 15.9 Å². The lowest BCUT2D eigenvalue weighted by atomic mass is 10.1. The van der Waals surface area contributed by atoms with Crippen LogP contribution < -0.4 is 9.46 Å². The van der Waals surface area contributed by atoms with Gasteiger partial charge in [-0.3, -0.25) is 4.72 Å². The Morgan fingerprint density at radius 1 is 1.11 bits per heavy atom. The van der Waals surface area contributed by atoms with Gasteiger partial charge in [-0.15, -0.1) is 11.3 Å². The Hall–Kier alpha value is -3.04. The minimum Gasteiger partial charge on any atom is -0.507 e. The van der Waals surface area contributed by atoms with E-state index in [0.29, 0.717) is 6.61 Å². The molecule has 0 amide bonds. The lowest BCUT2D eigenvalue weighted by Crippen LogP contribution is -2.11. The van der Waals surface area contributed by atoms with E-state index in [-0.39, 0.29) is 15.5 Å². The normalized spacial score (nSPS) is 13.0. The molecular formula is C19H15NO6S2. The molecule has 144 valence electrons. The number of hydrogen-bond donors (Lipinski definition) is 3. The quantitative estimate of drug-likeness (QED) is 0.585. The molecule has 0 spiro atoms. The topological polar surface area (TPSA) is 113 Å². The molecule has 1 aromatic heterocycles. The van der Waals surface area contributed by atoms with Crippen molar-refractivity contribution in [3.8, 4) is 21.9 Å². The fraction of sp³-hybridized carbons (Fsp3) is 0.105. The van der Waals surface area contributed by atoms with Gasteiger partial charge in [-0.1, -0.05) is 0 Å². The average molecular weight is 417 g/mol. The molecular weight excluding hydrogens is 402 g/mol. The molecule has 1 aliphatic heterocycles. The Morgan fingerprint density at radius 3 is 2.68 bits per heavy atom. The highest BCUT2D eigenvalue weighted by atomic mass is 32.2. The summed E-state index contributed by atoms with van der Waals surface area (Å²) in [4.78, 5) is 11.7. The van der Waals surface area contributed by atoms with Crippen molar-refractivity contribution in [2.45, 2.75) is 10.6 Å². The van der Waals surface area contributed by atoms with Crippen molar-refractivity contribution in [2.75, 3.05) is 11.3 Å². The van der Waals surface area contributed by atoms with Gasteiger partial charge >= 0.3 is 5.97 Å². The van der Waals surface area contributed by atoms with Crippen molar-refractivity contribution in [1.29, 1.82) is 0 Å².